The number of nitrogens with one attached hydrogen (secondary N) is 2. The smallest absolute Gasteiger partial charge is 0.257 e. The third kappa shape index (κ3) is 6.04. The van der Waals surface area contributed by atoms with E-state index < -0.39 is 0 Å². The maximum atomic E-state index is 12.4. The summed E-state index contributed by atoms with van der Waals surface area (Å²) in [5.41, 5.74) is 2.65. The highest BCUT2D eigenvalue weighted by Crippen LogP contribution is 2.16. The Morgan fingerprint density at radius 2 is 1.86 bits per heavy atom. The van der Waals surface area contributed by atoms with Gasteiger partial charge < -0.3 is 10.1 Å². The van der Waals surface area contributed by atoms with Crippen LogP contribution in [0.15, 0.2) is 48.5 Å². The predicted octanol–water partition coefficient (Wildman–Crippen LogP) is 4.20. The van der Waals surface area contributed by atoms with Gasteiger partial charge in [0.05, 0.1) is 6.61 Å². The van der Waals surface area contributed by atoms with E-state index in [0.717, 1.165) is 12.2 Å². The molecule has 0 aliphatic carbocycles. The van der Waals surface area contributed by atoms with Crippen molar-refractivity contribution in [3.63, 3.8) is 0 Å². The molecule has 0 saturated carbocycles. The van der Waals surface area contributed by atoms with Gasteiger partial charge in [0.1, 0.15) is 5.75 Å². The lowest BCUT2D eigenvalue weighted by molar-refractivity contribution is 0.0977. The van der Waals surface area contributed by atoms with Crippen LogP contribution in [0.25, 0.3) is 0 Å². The molecule has 1 saturated heterocycles. The molecule has 0 bridgehead atoms. The first kappa shape index (κ1) is 20.3. The number of amides is 1. The Morgan fingerprint density at radius 3 is 2.57 bits per heavy atom. The number of likely N-dealkylation sites (tertiary alicyclic amines) is 1. The van der Waals surface area contributed by atoms with Gasteiger partial charge in [0, 0.05) is 17.8 Å². The van der Waals surface area contributed by atoms with Gasteiger partial charge in [-0.15, -0.1) is 0 Å². The average molecular weight is 398 g/mol. The van der Waals surface area contributed by atoms with Crippen molar-refractivity contribution in [1.82, 2.24) is 10.2 Å². The second-order valence-corrected chi connectivity index (χ2v) is 7.31. The zero-order chi connectivity index (χ0) is 19.8. The molecule has 0 spiro atoms. The molecule has 1 aliphatic heterocycles. The minimum Gasteiger partial charge on any atom is -0.494 e. The molecule has 2 aromatic rings. The minimum absolute atomic E-state index is 0.263. The highest BCUT2D eigenvalue weighted by molar-refractivity contribution is 7.80. The van der Waals surface area contributed by atoms with Gasteiger partial charge in [-0.1, -0.05) is 24.6 Å². The number of thiocarbonyl (C=S) groups is 1. The van der Waals surface area contributed by atoms with Crippen LogP contribution in [-0.2, 0) is 6.54 Å². The van der Waals surface area contributed by atoms with Crippen molar-refractivity contribution in [3.05, 3.63) is 59.7 Å². The van der Waals surface area contributed by atoms with E-state index in [1.54, 1.807) is 18.2 Å². The van der Waals surface area contributed by atoms with E-state index in [1.165, 1.54) is 37.9 Å². The lowest BCUT2D eigenvalue weighted by Crippen LogP contribution is -2.34. The standard InChI is InChI=1S/C22H27N3O2S/c1-2-27-20-8-6-7-18(15-20)21(26)24-22(28)23-19-11-9-17(10-12-19)16-25-13-4-3-5-14-25/h6-12,15H,2-5,13-14,16H2,1H3,(H2,23,24,26,28). The number of nitrogens with zero attached hydrogens (tertiary/aromatic N) is 1. The Morgan fingerprint density at radius 1 is 1.11 bits per heavy atom. The van der Waals surface area contributed by atoms with Crippen LogP contribution in [0.1, 0.15) is 42.1 Å². The molecule has 0 radical (unpaired) electrons. The molecule has 1 amide bonds. The Hall–Kier alpha value is -2.44. The Kier molecular flexibility index (Phi) is 7.39. The first-order valence-electron chi connectivity index (χ1n) is 9.80. The lowest BCUT2D eigenvalue weighted by atomic mass is 10.1. The first-order valence-corrected chi connectivity index (χ1v) is 10.2. The second-order valence-electron chi connectivity index (χ2n) is 6.90. The van der Waals surface area contributed by atoms with Crippen LogP contribution >= 0.6 is 12.2 Å². The fourth-order valence-corrected chi connectivity index (χ4v) is 3.51. The quantitative estimate of drug-likeness (QED) is 0.716. The summed E-state index contributed by atoms with van der Waals surface area (Å²) in [4.78, 5) is 14.9. The molecule has 6 heteroatoms. The molecule has 1 heterocycles. The van der Waals surface area contributed by atoms with Gasteiger partial charge in [-0.25, -0.2) is 0 Å². The molecule has 2 aromatic carbocycles. The molecule has 1 aliphatic rings. The van der Waals surface area contributed by atoms with Gasteiger partial charge >= 0.3 is 0 Å². The van der Waals surface area contributed by atoms with Gasteiger partial charge in [-0.2, -0.15) is 0 Å². The summed E-state index contributed by atoms with van der Waals surface area (Å²) >= 11 is 5.28. The Labute approximate surface area is 172 Å². The zero-order valence-corrected chi connectivity index (χ0v) is 17.1. The lowest BCUT2D eigenvalue weighted by Gasteiger charge is -2.26. The number of rotatable bonds is 6. The number of anilines is 1. The molecule has 0 atom stereocenters. The van der Waals surface area contributed by atoms with Crippen LogP contribution in [-0.4, -0.2) is 35.6 Å². The monoisotopic (exact) mass is 397 g/mol. The molecule has 0 unspecified atom stereocenters. The van der Waals surface area contributed by atoms with E-state index in [1.807, 2.05) is 25.1 Å². The summed E-state index contributed by atoms with van der Waals surface area (Å²) in [6, 6.07) is 15.2. The second kappa shape index (κ2) is 10.2. The van der Waals surface area contributed by atoms with Crippen LogP contribution in [0, 0.1) is 0 Å². The van der Waals surface area contributed by atoms with E-state index in [4.69, 9.17) is 17.0 Å². The third-order valence-corrected chi connectivity index (χ3v) is 4.91. The van der Waals surface area contributed by atoms with Crippen LogP contribution in [0.2, 0.25) is 0 Å². The normalized spacial score (nSPS) is 14.3. The van der Waals surface area contributed by atoms with Crippen LogP contribution in [0.4, 0.5) is 5.69 Å². The van der Waals surface area contributed by atoms with Crippen molar-refractivity contribution in [3.8, 4) is 5.75 Å². The number of hydrogen-bond donors (Lipinski definition) is 2. The topological polar surface area (TPSA) is 53.6 Å². The summed E-state index contributed by atoms with van der Waals surface area (Å²) < 4.78 is 5.43. The third-order valence-electron chi connectivity index (χ3n) is 4.70. The maximum absolute atomic E-state index is 12.4. The van der Waals surface area contributed by atoms with Crippen molar-refractivity contribution in [1.29, 1.82) is 0 Å². The molecule has 5 nitrogen and oxygen atoms in total. The van der Waals surface area contributed by atoms with Crippen molar-refractivity contribution in [2.45, 2.75) is 32.7 Å². The predicted molar refractivity (Wildman–Crippen MR) is 117 cm³/mol. The van der Waals surface area contributed by atoms with E-state index in [-0.39, 0.29) is 11.0 Å². The molecule has 0 aromatic heterocycles. The fourth-order valence-electron chi connectivity index (χ4n) is 3.30. The largest absolute Gasteiger partial charge is 0.494 e. The van der Waals surface area contributed by atoms with Crippen LogP contribution < -0.4 is 15.4 Å². The Bertz CT molecular complexity index is 802. The van der Waals surface area contributed by atoms with Gasteiger partial charge in [0.2, 0.25) is 0 Å². The summed E-state index contributed by atoms with van der Waals surface area (Å²) in [6.07, 6.45) is 3.93. The molecule has 2 N–H and O–H groups in total. The van der Waals surface area contributed by atoms with E-state index >= 15 is 0 Å². The first-order chi connectivity index (χ1) is 13.6. The maximum Gasteiger partial charge on any atom is 0.257 e. The van der Waals surface area contributed by atoms with Crippen molar-refractivity contribution in [2.24, 2.45) is 0 Å². The van der Waals surface area contributed by atoms with Crippen LogP contribution in [0.5, 0.6) is 5.75 Å². The van der Waals surface area contributed by atoms with Gasteiger partial charge in [0.25, 0.3) is 5.91 Å². The van der Waals surface area contributed by atoms with Crippen molar-refractivity contribution >= 4 is 28.9 Å². The van der Waals surface area contributed by atoms with Gasteiger partial charge in [0.15, 0.2) is 5.11 Å². The van der Waals surface area contributed by atoms with Crippen molar-refractivity contribution < 1.29 is 9.53 Å². The Balaban J connectivity index is 1.51. The summed E-state index contributed by atoms with van der Waals surface area (Å²) in [5, 5.41) is 6.05. The van der Waals surface area contributed by atoms with E-state index in [0.29, 0.717) is 17.9 Å². The zero-order valence-electron chi connectivity index (χ0n) is 16.2. The van der Waals surface area contributed by atoms with Gasteiger partial charge in [-0.3, -0.25) is 15.0 Å². The van der Waals surface area contributed by atoms with E-state index in [2.05, 4.69) is 27.7 Å². The molecule has 148 valence electrons. The summed E-state index contributed by atoms with van der Waals surface area (Å²) in [7, 11) is 0. The number of piperidine rings is 1. The van der Waals surface area contributed by atoms with Gasteiger partial charge in [-0.05, 0) is 81.0 Å². The molecule has 3 rings (SSSR count). The van der Waals surface area contributed by atoms with Crippen LogP contribution in [0.3, 0.4) is 0 Å². The van der Waals surface area contributed by atoms with E-state index in [9.17, 15) is 4.79 Å². The molecule has 28 heavy (non-hydrogen) atoms. The molecular weight excluding hydrogens is 370 g/mol. The number of benzene rings is 2. The summed E-state index contributed by atoms with van der Waals surface area (Å²) in [5.74, 6) is 0.402. The molecular formula is C22H27N3O2S. The molecule has 1 fully saturated rings. The minimum atomic E-state index is -0.263. The number of carbonyl (C=O) groups excluding carboxylic acids is 1. The average Bonchev–Trinajstić information content (AvgIpc) is 2.71. The SMILES string of the molecule is CCOc1cccc(C(=O)NC(=S)Nc2ccc(CN3CCCCC3)cc2)c1. The van der Waals surface area contributed by atoms with Crippen molar-refractivity contribution in [2.75, 3.05) is 25.0 Å². The highest BCUT2D eigenvalue weighted by atomic mass is 32.1. The highest BCUT2D eigenvalue weighted by Gasteiger charge is 2.11. The number of ether oxygens (including phenoxy) is 1. The number of carbonyl (C=O) groups is 1. The summed E-state index contributed by atoms with van der Waals surface area (Å²) in [6.45, 7) is 5.81. The fraction of sp³-hybridized carbons (Fsp3) is 0.364. The number of hydrogen-bond acceptors (Lipinski definition) is 4.